The summed E-state index contributed by atoms with van der Waals surface area (Å²) in [4.78, 5) is 5.00. The second-order valence-electron chi connectivity index (χ2n) is 4.40. The zero-order valence-corrected chi connectivity index (χ0v) is 9.92. The Bertz CT molecular complexity index is 149. The molecule has 0 amide bonds. The van der Waals surface area contributed by atoms with Gasteiger partial charge in [0, 0.05) is 38.8 Å². The van der Waals surface area contributed by atoms with Gasteiger partial charge in [0.05, 0.1) is 0 Å². The van der Waals surface area contributed by atoms with Crippen LogP contribution >= 0.6 is 0 Å². The molecule has 0 radical (unpaired) electrons. The van der Waals surface area contributed by atoms with Crippen molar-refractivity contribution in [2.24, 2.45) is 0 Å². The molecule has 1 aliphatic rings. The molecule has 14 heavy (non-hydrogen) atoms. The third-order valence-electron chi connectivity index (χ3n) is 2.97. The maximum atomic E-state index is 3.46. The Morgan fingerprint density at radius 2 is 2.07 bits per heavy atom. The molecule has 1 rings (SSSR count). The number of nitrogens with zero attached hydrogens (tertiary/aromatic N) is 2. The maximum Gasteiger partial charge on any atom is 0.0195 e. The van der Waals surface area contributed by atoms with E-state index in [1.807, 2.05) is 0 Å². The Balaban J connectivity index is 2.11. The molecule has 0 aromatic heterocycles. The molecule has 0 spiro atoms. The predicted octanol–water partition coefficient (Wildman–Crippen LogP) is 0.622. The van der Waals surface area contributed by atoms with Crippen LogP contribution in [-0.4, -0.2) is 62.2 Å². The van der Waals surface area contributed by atoms with Gasteiger partial charge in [0.15, 0.2) is 0 Å². The normalized spacial score (nSPS) is 25.5. The Hall–Kier alpha value is -0.120. The van der Waals surface area contributed by atoms with Crippen LogP contribution in [0.4, 0.5) is 0 Å². The largest absolute Gasteiger partial charge is 0.315 e. The molecule has 0 aromatic rings. The zero-order chi connectivity index (χ0) is 10.4. The zero-order valence-electron chi connectivity index (χ0n) is 9.92. The van der Waals surface area contributed by atoms with E-state index in [9.17, 15) is 0 Å². The van der Waals surface area contributed by atoms with Crippen molar-refractivity contribution in [3.05, 3.63) is 0 Å². The molecule has 1 fully saturated rings. The van der Waals surface area contributed by atoms with Crippen molar-refractivity contribution >= 4 is 0 Å². The minimum Gasteiger partial charge on any atom is -0.315 e. The minimum atomic E-state index is 0.720. The van der Waals surface area contributed by atoms with Crippen molar-refractivity contribution in [2.75, 3.05) is 46.3 Å². The third kappa shape index (κ3) is 3.95. The van der Waals surface area contributed by atoms with Gasteiger partial charge in [-0.1, -0.05) is 6.92 Å². The van der Waals surface area contributed by atoms with Crippen molar-refractivity contribution in [2.45, 2.75) is 26.3 Å². The van der Waals surface area contributed by atoms with Crippen LogP contribution in [0.2, 0.25) is 0 Å². The van der Waals surface area contributed by atoms with Crippen LogP contribution < -0.4 is 5.32 Å². The van der Waals surface area contributed by atoms with Gasteiger partial charge in [0.2, 0.25) is 0 Å². The summed E-state index contributed by atoms with van der Waals surface area (Å²) in [7, 11) is 2.21. The second kappa shape index (κ2) is 6.38. The fourth-order valence-corrected chi connectivity index (χ4v) is 2.03. The van der Waals surface area contributed by atoms with E-state index in [-0.39, 0.29) is 0 Å². The summed E-state index contributed by atoms with van der Waals surface area (Å²) >= 11 is 0. The Morgan fingerprint density at radius 1 is 1.29 bits per heavy atom. The molecule has 1 unspecified atom stereocenters. The van der Waals surface area contributed by atoms with Crippen LogP contribution in [0, 0.1) is 0 Å². The number of rotatable bonds is 5. The van der Waals surface area contributed by atoms with Crippen molar-refractivity contribution in [1.29, 1.82) is 0 Å². The smallest absolute Gasteiger partial charge is 0.0195 e. The molecular weight excluding hydrogens is 174 g/mol. The highest BCUT2D eigenvalue weighted by atomic mass is 15.3. The SMILES string of the molecule is CCCNCCN1CCN(C)CC1C. The van der Waals surface area contributed by atoms with E-state index in [0.29, 0.717) is 0 Å². The monoisotopic (exact) mass is 199 g/mol. The standard InChI is InChI=1S/C11H25N3/c1-4-5-12-6-7-14-9-8-13(3)10-11(14)2/h11-12H,4-10H2,1-3H3. The number of nitrogens with one attached hydrogen (secondary N) is 1. The fraction of sp³-hybridized carbons (Fsp3) is 1.00. The van der Waals surface area contributed by atoms with E-state index in [4.69, 9.17) is 0 Å². The van der Waals surface area contributed by atoms with Gasteiger partial charge in [-0.05, 0) is 26.9 Å². The number of piperazine rings is 1. The first-order valence-corrected chi connectivity index (χ1v) is 5.87. The summed E-state index contributed by atoms with van der Waals surface area (Å²) in [5.41, 5.74) is 0. The van der Waals surface area contributed by atoms with E-state index >= 15 is 0 Å². The summed E-state index contributed by atoms with van der Waals surface area (Å²) in [6, 6.07) is 0.720. The Morgan fingerprint density at radius 3 is 2.71 bits per heavy atom. The van der Waals surface area contributed by atoms with Crippen molar-refractivity contribution in [3.8, 4) is 0 Å². The summed E-state index contributed by atoms with van der Waals surface area (Å²) in [5, 5.41) is 3.46. The van der Waals surface area contributed by atoms with Crippen LogP contribution in [0.3, 0.4) is 0 Å². The average molecular weight is 199 g/mol. The lowest BCUT2D eigenvalue weighted by molar-refractivity contribution is 0.101. The molecule has 0 aliphatic carbocycles. The molecule has 0 saturated carbocycles. The van der Waals surface area contributed by atoms with Gasteiger partial charge in [-0.15, -0.1) is 0 Å². The first-order valence-electron chi connectivity index (χ1n) is 5.87. The molecule has 3 nitrogen and oxygen atoms in total. The van der Waals surface area contributed by atoms with Gasteiger partial charge in [0.1, 0.15) is 0 Å². The summed E-state index contributed by atoms with van der Waals surface area (Å²) in [5.74, 6) is 0. The lowest BCUT2D eigenvalue weighted by Gasteiger charge is -2.38. The van der Waals surface area contributed by atoms with Gasteiger partial charge in [-0.25, -0.2) is 0 Å². The topological polar surface area (TPSA) is 18.5 Å². The van der Waals surface area contributed by atoms with Crippen molar-refractivity contribution < 1.29 is 0 Å². The molecule has 1 saturated heterocycles. The maximum absolute atomic E-state index is 3.46. The number of likely N-dealkylation sites (N-methyl/N-ethyl adjacent to an activating group) is 1. The first kappa shape index (κ1) is 12.0. The molecule has 0 aromatic carbocycles. The fourth-order valence-electron chi connectivity index (χ4n) is 2.03. The van der Waals surface area contributed by atoms with Gasteiger partial charge >= 0.3 is 0 Å². The number of hydrogen-bond donors (Lipinski definition) is 1. The van der Waals surface area contributed by atoms with Crippen LogP contribution in [0.25, 0.3) is 0 Å². The lowest BCUT2D eigenvalue weighted by atomic mass is 10.2. The summed E-state index contributed by atoms with van der Waals surface area (Å²) < 4.78 is 0. The van der Waals surface area contributed by atoms with E-state index < -0.39 is 0 Å². The first-order chi connectivity index (χ1) is 6.74. The van der Waals surface area contributed by atoms with Crippen molar-refractivity contribution in [3.63, 3.8) is 0 Å². The van der Waals surface area contributed by atoms with E-state index in [2.05, 4.69) is 36.0 Å². The third-order valence-corrected chi connectivity index (χ3v) is 2.97. The van der Waals surface area contributed by atoms with E-state index in [1.54, 1.807) is 0 Å². The highest BCUT2D eigenvalue weighted by Gasteiger charge is 2.20. The van der Waals surface area contributed by atoms with Gasteiger partial charge < -0.3 is 10.2 Å². The van der Waals surface area contributed by atoms with E-state index in [1.165, 1.54) is 32.6 Å². The molecule has 1 atom stereocenters. The molecular formula is C11H25N3. The highest BCUT2D eigenvalue weighted by Crippen LogP contribution is 2.06. The Kier molecular flexibility index (Phi) is 5.45. The molecule has 1 aliphatic heterocycles. The molecule has 1 heterocycles. The van der Waals surface area contributed by atoms with E-state index in [0.717, 1.165) is 19.1 Å². The molecule has 1 N–H and O–H groups in total. The van der Waals surface area contributed by atoms with Gasteiger partial charge in [-0.3, -0.25) is 4.90 Å². The van der Waals surface area contributed by atoms with Gasteiger partial charge in [-0.2, -0.15) is 0 Å². The van der Waals surface area contributed by atoms with Crippen LogP contribution in [0.1, 0.15) is 20.3 Å². The summed E-state index contributed by atoms with van der Waals surface area (Å²) in [6.45, 7) is 11.7. The quantitative estimate of drug-likeness (QED) is 0.655. The molecule has 84 valence electrons. The predicted molar refractivity (Wildman–Crippen MR) is 61.7 cm³/mol. The lowest BCUT2D eigenvalue weighted by Crippen LogP contribution is -2.51. The van der Waals surface area contributed by atoms with Crippen molar-refractivity contribution in [1.82, 2.24) is 15.1 Å². The highest BCUT2D eigenvalue weighted by molar-refractivity contribution is 4.77. The molecule has 0 bridgehead atoms. The number of hydrogen-bond acceptors (Lipinski definition) is 3. The second-order valence-corrected chi connectivity index (χ2v) is 4.40. The van der Waals surface area contributed by atoms with Gasteiger partial charge in [0.25, 0.3) is 0 Å². The molecule has 3 heteroatoms. The minimum absolute atomic E-state index is 0.720. The Labute approximate surface area is 88.5 Å². The average Bonchev–Trinajstić information content (AvgIpc) is 2.15. The van der Waals surface area contributed by atoms with Crippen LogP contribution in [0.5, 0.6) is 0 Å². The van der Waals surface area contributed by atoms with Crippen LogP contribution in [-0.2, 0) is 0 Å². The van der Waals surface area contributed by atoms with Crippen LogP contribution in [0.15, 0.2) is 0 Å². The summed E-state index contributed by atoms with van der Waals surface area (Å²) in [6.07, 6.45) is 1.23.